The molecule has 0 fully saturated rings. The number of benzene rings is 1. The summed E-state index contributed by atoms with van der Waals surface area (Å²) in [6.07, 6.45) is 9.09. The molecule has 1 aromatic rings. The van der Waals surface area contributed by atoms with Crippen molar-refractivity contribution in [3.63, 3.8) is 0 Å². The van der Waals surface area contributed by atoms with Crippen LogP contribution in [0.3, 0.4) is 0 Å². The van der Waals surface area contributed by atoms with Gasteiger partial charge in [0.05, 0.1) is 7.11 Å². The standard InChI is InChI=1S/C16H24O2.3C2H6/c1-14-10-11-16(18-3)15(13-14)9-7-5-4-6-8-12-17-2;3*1-2/h7,9-11,13H,4-6,8,12H2,1-3H3;3*1-2H3/b9-7+;;;. The number of unbranched alkanes of at least 4 members (excludes halogenated alkanes) is 3. The van der Waals surface area contributed by atoms with E-state index in [0.717, 1.165) is 30.8 Å². The molecule has 0 spiro atoms. The highest BCUT2D eigenvalue weighted by Gasteiger charge is 1.98. The van der Waals surface area contributed by atoms with Crippen LogP contribution in [0.25, 0.3) is 6.08 Å². The maximum absolute atomic E-state index is 5.34. The van der Waals surface area contributed by atoms with Crippen LogP contribution in [0.4, 0.5) is 0 Å². The Bertz CT molecular complexity index is 370. The number of rotatable bonds is 8. The minimum absolute atomic E-state index is 0.870. The molecule has 24 heavy (non-hydrogen) atoms. The number of hydrogen-bond acceptors (Lipinski definition) is 2. The molecule has 0 unspecified atom stereocenters. The zero-order valence-electron chi connectivity index (χ0n) is 17.7. The van der Waals surface area contributed by atoms with Gasteiger partial charge in [0.15, 0.2) is 0 Å². The lowest BCUT2D eigenvalue weighted by atomic mass is 10.1. The van der Waals surface area contributed by atoms with Gasteiger partial charge < -0.3 is 9.47 Å². The van der Waals surface area contributed by atoms with E-state index >= 15 is 0 Å². The first-order valence-corrected chi connectivity index (χ1v) is 9.58. The summed E-state index contributed by atoms with van der Waals surface area (Å²) in [4.78, 5) is 0. The van der Waals surface area contributed by atoms with Gasteiger partial charge in [-0.3, -0.25) is 0 Å². The first-order chi connectivity index (χ1) is 11.8. The highest BCUT2D eigenvalue weighted by molar-refractivity contribution is 5.58. The molecule has 0 N–H and O–H groups in total. The van der Waals surface area contributed by atoms with Crippen LogP contribution in [0.15, 0.2) is 24.3 Å². The molecule has 0 atom stereocenters. The third-order valence-corrected chi connectivity index (χ3v) is 2.90. The lowest BCUT2D eigenvalue weighted by Gasteiger charge is -2.05. The van der Waals surface area contributed by atoms with E-state index in [1.54, 1.807) is 14.2 Å². The first kappa shape index (κ1) is 27.6. The minimum atomic E-state index is 0.870. The molecular weight excluding hydrogens is 296 g/mol. The van der Waals surface area contributed by atoms with Crippen LogP contribution in [0.5, 0.6) is 5.75 Å². The van der Waals surface area contributed by atoms with Crippen molar-refractivity contribution >= 4 is 6.08 Å². The predicted molar refractivity (Wildman–Crippen MR) is 111 cm³/mol. The highest BCUT2D eigenvalue weighted by Crippen LogP contribution is 2.21. The van der Waals surface area contributed by atoms with Crippen molar-refractivity contribution in [1.82, 2.24) is 0 Å². The summed E-state index contributed by atoms with van der Waals surface area (Å²) < 4.78 is 10.4. The minimum Gasteiger partial charge on any atom is -0.496 e. The lowest BCUT2D eigenvalue weighted by molar-refractivity contribution is 0.192. The predicted octanol–water partition coefficient (Wildman–Crippen LogP) is 7.30. The van der Waals surface area contributed by atoms with Crippen LogP contribution in [0, 0.1) is 6.92 Å². The number of aryl methyl sites for hydroxylation is 1. The van der Waals surface area contributed by atoms with Crippen LogP contribution in [-0.2, 0) is 4.74 Å². The normalized spacial score (nSPS) is 9.04. The largest absolute Gasteiger partial charge is 0.496 e. The number of ether oxygens (including phenoxy) is 2. The Morgan fingerprint density at radius 2 is 1.50 bits per heavy atom. The second-order valence-corrected chi connectivity index (χ2v) is 4.49. The smallest absolute Gasteiger partial charge is 0.126 e. The van der Waals surface area contributed by atoms with Gasteiger partial charge in [-0.05, 0) is 38.3 Å². The fourth-order valence-corrected chi connectivity index (χ4v) is 1.88. The van der Waals surface area contributed by atoms with E-state index in [0.29, 0.717) is 0 Å². The van der Waals surface area contributed by atoms with E-state index in [4.69, 9.17) is 9.47 Å². The summed E-state index contributed by atoms with van der Waals surface area (Å²) in [5.74, 6) is 0.941. The van der Waals surface area contributed by atoms with E-state index in [1.807, 2.05) is 47.6 Å². The molecule has 0 radical (unpaired) electrons. The fourth-order valence-electron chi connectivity index (χ4n) is 1.88. The van der Waals surface area contributed by atoms with Crippen molar-refractivity contribution in [2.24, 2.45) is 0 Å². The highest BCUT2D eigenvalue weighted by atomic mass is 16.5. The Morgan fingerprint density at radius 1 is 0.875 bits per heavy atom. The Morgan fingerprint density at radius 3 is 2.04 bits per heavy atom. The Balaban J connectivity index is -0.000000659. The van der Waals surface area contributed by atoms with Gasteiger partial charge in [0.1, 0.15) is 5.75 Å². The van der Waals surface area contributed by atoms with Gasteiger partial charge >= 0.3 is 0 Å². The number of allylic oxidation sites excluding steroid dienone is 1. The molecule has 1 aromatic carbocycles. The van der Waals surface area contributed by atoms with Gasteiger partial charge in [0.25, 0.3) is 0 Å². The Hall–Kier alpha value is -1.28. The van der Waals surface area contributed by atoms with E-state index in [9.17, 15) is 0 Å². The summed E-state index contributed by atoms with van der Waals surface area (Å²) in [5.41, 5.74) is 2.42. The van der Waals surface area contributed by atoms with E-state index in [-0.39, 0.29) is 0 Å². The molecule has 2 heteroatoms. The molecule has 2 nitrogen and oxygen atoms in total. The fraction of sp³-hybridized carbons (Fsp3) is 0.636. The van der Waals surface area contributed by atoms with Gasteiger partial charge in [0, 0.05) is 19.3 Å². The van der Waals surface area contributed by atoms with Gasteiger partial charge in [-0.25, -0.2) is 0 Å². The van der Waals surface area contributed by atoms with Crippen LogP contribution in [0.1, 0.15) is 78.4 Å². The monoisotopic (exact) mass is 338 g/mol. The average Bonchev–Trinajstić information content (AvgIpc) is 2.66. The number of hydrogen-bond donors (Lipinski definition) is 0. The topological polar surface area (TPSA) is 18.5 Å². The van der Waals surface area contributed by atoms with Crippen molar-refractivity contribution in [2.75, 3.05) is 20.8 Å². The molecule has 0 heterocycles. The molecule has 0 aliphatic rings. The third kappa shape index (κ3) is 15.6. The summed E-state index contributed by atoms with van der Waals surface area (Å²) in [6.45, 7) is 15.0. The number of methoxy groups -OCH3 is 2. The zero-order valence-corrected chi connectivity index (χ0v) is 17.7. The van der Waals surface area contributed by atoms with Crippen molar-refractivity contribution in [3.05, 3.63) is 35.4 Å². The third-order valence-electron chi connectivity index (χ3n) is 2.90. The zero-order chi connectivity index (χ0) is 19.2. The quantitative estimate of drug-likeness (QED) is 0.463. The van der Waals surface area contributed by atoms with Crippen molar-refractivity contribution in [1.29, 1.82) is 0 Å². The molecule has 0 saturated heterocycles. The molecule has 142 valence electrons. The first-order valence-electron chi connectivity index (χ1n) is 9.58. The van der Waals surface area contributed by atoms with Crippen LogP contribution in [-0.4, -0.2) is 20.8 Å². The molecular formula is C22H42O2. The summed E-state index contributed by atoms with van der Waals surface area (Å²) in [6, 6.07) is 6.24. The molecule has 0 aromatic heterocycles. The van der Waals surface area contributed by atoms with Gasteiger partial charge in [-0.2, -0.15) is 0 Å². The summed E-state index contributed by atoms with van der Waals surface area (Å²) >= 11 is 0. The maximum atomic E-state index is 5.34. The van der Waals surface area contributed by atoms with Crippen molar-refractivity contribution in [3.8, 4) is 5.75 Å². The Kier molecular flexibility index (Phi) is 27.5. The summed E-state index contributed by atoms with van der Waals surface area (Å²) in [7, 11) is 3.47. The summed E-state index contributed by atoms with van der Waals surface area (Å²) in [5, 5.41) is 0. The molecule has 0 aliphatic heterocycles. The van der Waals surface area contributed by atoms with Gasteiger partial charge in [-0.1, -0.05) is 71.7 Å². The van der Waals surface area contributed by atoms with Crippen LogP contribution >= 0.6 is 0 Å². The van der Waals surface area contributed by atoms with Crippen LogP contribution < -0.4 is 4.74 Å². The molecule has 0 saturated carbocycles. The van der Waals surface area contributed by atoms with Crippen molar-refractivity contribution < 1.29 is 9.47 Å². The van der Waals surface area contributed by atoms with Crippen LogP contribution in [0.2, 0.25) is 0 Å². The average molecular weight is 339 g/mol. The molecule has 0 bridgehead atoms. The Labute approximate surface area is 152 Å². The maximum Gasteiger partial charge on any atom is 0.126 e. The second kappa shape index (κ2) is 24.0. The second-order valence-electron chi connectivity index (χ2n) is 4.49. The van der Waals surface area contributed by atoms with Crippen molar-refractivity contribution in [2.45, 2.75) is 74.1 Å². The lowest BCUT2D eigenvalue weighted by Crippen LogP contribution is -1.88. The molecule has 0 aliphatic carbocycles. The van der Waals surface area contributed by atoms with E-state index in [2.05, 4.69) is 31.2 Å². The SMILES string of the molecule is CC.CC.CC.COCCCCC/C=C/c1cc(C)ccc1OC. The van der Waals surface area contributed by atoms with E-state index < -0.39 is 0 Å². The van der Waals surface area contributed by atoms with Gasteiger partial charge in [-0.15, -0.1) is 0 Å². The molecule has 1 rings (SSSR count). The van der Waals surface area contributed by atoms with E-state index in [1.165, 1.54) is 18.4 Å². The molecule has 0 amide bonds. The van der Waals surface area contributed by atoms with Gasteiger partial charge in [0.2, 0.25) is 0 Å².